The van der Waals surface area contributed by atoms with E-state index < -0.39 is 0 Å². The highest BCUT2D eigenvalue weighted by molar-refractivity contribution is 5.86. The van der Waals surface area contributed by atoms with Crippen LogP contribution < -0.4 is 5.73 Å². The van der Waals surface area contributed by atoms with E-state index in [-0.39, 0.29) is 13.2 Å². The second-order valence-corrected chi connectivity index (χ2v) is 1.55. The van der Waals surface area contributed by atoms with Crippen LogP contribution in [0.15, 0.2) is 4.99 Å². The number of aliphatic hydroxyl groups is 2. The normalized spacial score (nSPS) is 9.22. The molecule has 0 atom stereocenters. The van der Waals surface area contributed by atoms with E-state index >= 15 is 0 Å². The molecule has 0 amide bonds. The van der Waals surface area contributed by atoms with Crippen molar-refractivity contribution in [2.75, 3.05) is 26.3 Å². The third-order valence-electron chi connectivity index (χ3n) is 0.830. The molecule has 0 aromatic rings. The molecule has 0 aromatic carbocycles. The number of nitrogens with zero attached hydrogens (tertiary/aromatic N) is 1. The average molecular weight is 132 g/mol. The first-order chi connectivity index (χ1) is 4.35. The lowest BCUT2D eigenvalue weighted by Gasteiger charge is -1.95. The first kappa shape index (κ1) is 8.55. The zero-order valence-electron chi connectivity index (χ0n) is 5.25. The van der Waals surface area contributed by atoms with Crippen LogP contribution in [0.4, 0.5) is 0 Å². The van der Waals surface area contributed by atoms with Gasteiger partial charge in [-0.2, -0.15) is 0 Å². The highest BCUT2D eigenvalue weighted by atomic mass is 16.3. The molecule has 0 fully saturated rings. The second kappa shape index (κ2) is 5.68. The fourth-order valence-corrected chi connectivity index (χ4v) is 0.373. The van der Waals surface area contributed by atoms with Gasteiger partial charge in [0.15, 0.2) is 0 Å². The molecule has 4 heteroatoms. The molecule has 0 radical (unpaired) electrons. The summed E-state index contributed by atoms with van der Waals surface area (Å²) in [7, 11) is 0. The third-order valence-corrected chi connectivity index (χ3v) is 0.830. The van der Waals surface area contributed by atoms with Gasteiger partial charge in [-0.1, -0.05) is 0 Å². The molecule has 0 saturated heterocycles. The molecule has 0 bridgehead atoms. The van der Waals surface area contributed by atoms with Crippen molar-refractivity contribution in [2.24, 2.45) is 10.7 Å². The lowest BCUT2D eigenvalue weighted by atomic mass is 10.4. The van der Waals surface area contributed by atoms with Crippen LogP contribution in [0, 0.1) is 0 Å². The molecule has 0 saturated carbocycles. The predicted molar refractivity (Wildman–Crippen MR) is 35.5 cm³/mol. The molecule has 9 heavy (non-hydrogen) atoms. The first-order valence-corrected chi connectivity index (χ1v) is 2.79. The zero-order chi connectivity index (χ0) is 7.11. The van der Waals surface area contributed by atoms with Crippen molar-refractivity contribution in [3.63, 3.8) is 0 Å². The Hall–Kier alpha value is -0.450. The Morgan fingerprint density at radius 2 is 1.89 bits per heavy atom. The Morgan fingerprint density at radius 1 is 1.33 bits per heavy atom. The molecule has 4 nitrogen and oxygen atoms in total. The fraction of sp³-hybridized carbons (Fsp3) is 0.800. The maximum Gasteiger partial charge on any atom is 0.0832 e. The van der Waals surface area contributed by atoms with Gasteiger partial charge >= 0.3 is 0 Å². The van der Waals surface area contributed by atoms with E-state index in [4.69, 9.17) is 15.9 Å². The summed E-state index contributed by atoms with van der Waals surface area (Å²) in [4.78, 5) is 3.77. The Balaban J connectivity index is 3.48. The van der Waals surface area contributed by atoms with Crippen molar-refractivity contribution in [1.29, 1.82) is 0 Å². The topological polar surface area (TPSA) is 78.8 Å². The lowest BCUT2D eigenvalue weighted by molar-refractivity contribution is 0.319. The predicted octanol–water partition coefficient (Wildman–Crippen LogP) is -1.63. The summed E-state index contributed by atoms with van der Waals surface area (Å²) < 4.78 is 0. The van der Waals surface area contributed by atoms with E-state index in [2.05, 4.69) is 4.99 Å². The summed E-state index contributed by atoms with van der Waals surface area (Å²) in [6.45, 7) is 0.549. The molecule has 0 aliphatic rings. The van der Waals surface area contributed by atoms with Crippen LogP contribution in [0.25, 0.3) is 0 Å². The minimum Gasteiger partial charge on any atom is -0.390 e. The minimum atomic E-state index is -0.184. The van der Waals surface area contributed by atoms with Gasteiger partial charge in [0.1, 0.15) is 0 Å². The molecular formula is C5H12N2O2. The molecule has 0 unspecified atom stereocenters. The molecule has 0 aliphatic carbocycles. The zero-order valence-corrected chi connectivity index (χ0v) is 5.25. The van der Waals surface area contributed by atoms with Gasteiger partial charge in [-0.3, -0.25) is 4.99 Å². The maximum absolute atomic E-state index is 8.42. The Kier molecular flexibility index (Phi) is 5.40. The molecule has 0 aliphatic heterocycles. The average Bonchev–Trinajstić information content (AvgIpc) is 1.91. The Labute approximate surface area is 54.0 Å². The molecule has 54 valence electrons. The second-order valence-electron chi connectivity index (χ2n) is 1.55. The third kappa shape index (κ3) is 4.08. The van der Waals surface area contributed by atoms with E-state index in [1.807, 2.05) is 0 Å². The van der Waals surface area contributed by atoms with Gasteiger partial charge in [0.2, 0.25) is 0 Å². The molecule has 0 rings (SSSR count). The van der Waals surface area contributed by atoms with Gasteiger partial charge in [0, 0.05) is 6.54 Å². The molecule has 0 heterocycles. The van der Waals surface area contributed by atoms with Gasteiger partial charge in [0.05, 0.1) is 25.5 Å². The SMILES string of the molecule is NCCN=C(CO)CO. The van der Waals surface area contributed by atoms with E-state index in [1.54, 1.807) is 0 Å². The molecular weight excluding hydrogens is 120 g/mol. The van der Waals surface area contributed by atoms with Crippen LogP contribution >= 0.6 is 0 Å². The summed E-state index contributed by atoms with van der Waals surface area (Å²) >= 11 is 0. The number of nitrogens with two attached hydrogens (primary N) is 1. The van der Waals surface area contributed by atoms with Crippen LogP contribution in [0.2, 0.25) is 0 Å². The van der Waals surface area contributed by atoms with Crippen LogP contribution in [0.1, 0.15) is 0 Å². The first-order valence-electron chi connectivity index (χ1n) is 2.79. The summed E-state index contributed by atoms with van der Waals surface area (Å²) in [5, 5.41) is 16.8. The number of rotatable bonds is 4. The number of hydrogen-bond acceptors (Lipinski definition) is 4. The molecule has 0 spiro atoms. The summed E-state index contributed by atoms with van der Waals surface area (Å²) in [6, 6.07) is 0. The number of aliphatic imine (C=N–C) groups is 1. The summed E-state index contributed by atoms with van der Waals surface area (Å²) in [6.07, 6.45) is 0. The van der Waals surface area contributed by atoms with Gasteiger partial charge in [-0.05, 0) is 0 Å². The fourth-order valence-electron chi connectivity index (χ4n) is 0.373. The van der Waals surface area contributed by atoms with E-state index in [0.29, 0.717) is 18.8 Å². The number of hydrogen-bond donors (Lipinski definition) is 3. The maximum atomic E-state index is 8.42. The van der Waals surface area contributed by atoms with Crippen molar-refractivity contribution < 1.29 is 10.2 Å². The Morgan fingerprint density at radius 3 is 2.22 bits per heavy atom. The molecule has 0 aromatic heterocycles. The van der Waals surface area contributed by atoms with Gasteiger partial charge in [-0.15, -0.1) is 0 Å². The number of aliphatic hydroxyl groups excluding tert-OH is 2. The minimum absolute atomic E-state index is 0.184. The van der Waals surface area contributed by atoms with Crippen molar-refractivity contribution in [3.05, 3.63) is 0 Å². The van der Waals surface area contributed by atoms with Crippen molar-refractivity contribution >= 4 is 5.71 Å². The highest BCUT2D eigenvalue weighted by Crippen LogP contribution is 1.74. The van der Waals surface area contributed by atoms with Crippen LogP contribution in [-0.2, 0) is 0 Å². The lowest BCUT2D eigenvalue weighted by Crippen LogP contribution is -2.13. The van der Waals surface area contributed by atoms with Crippen molar-refractivity contribution in [2.45, 2.75) is 0 Å². The van der Waals surface area contributed by atoms with E-state index in [9.17, 15) is 0 Å². The van der Waals surface area contributed by atoms with Gasteiger partial charge in [-0.25, -0.2) is 0 Å². The highest BCUT2D eigenvalue weighted by Gasteiger charge is 1.90. The summed E-state index contributed by atoms with van der Waals surface area (Å²) in [5.41, 5.74) is 5.51. The van der Waals surface area contributed by atoms with Crippen molar-refractivity contribution in [3.8, 4) is 0 Å². The van der Waals surface area contributed by atoms with E-state index in [0.717, 1.165) is 0 Å². The Bertz CT molecular complexity index is 87.0. The quantitative estimate of drug-likeness (QED) is 0.402. The summed E-state index contributed by atoms with van der Waals surface area (Å²) in [5.74, 6) is 0. The molecule has 4 N–H and O–H groups in total. The van der Waals surface area contributed by atoms with Crippen LogP contribution in [0.3, 0.4) is 0 Å². The van der Waals surface area contributed by atoms with Crippen molar-refractivity contribution in [1.82, 2.24) is 0 Å². The smallest absolute Gasteiger partial charge is 0.0832 e. The largest absolute Gasteiger partial charge is 0.390 e. The van der Waals surface area contributed by atoms with Gasteiger partial charge in [0.25, 0.3) is 0 Å². The van der Waals surface area contributed by atoms with Crippen LogP contribution in [0.5, 0.6) is 0 Å². The van der Waals surface area contributed by atoms with E-state index in [1.165, 1.54) is 0 Å². The standard InChI is InChI=1S/C5H12N2O2/c6-1-2-7-5(3-8)4-9/h8-9H,1-4,6H2. The van der Waals surface area contributed by atoms with Crippen LogP contribution in [-0.4, -0.2) is 42.2 Å². The van der Waals surface area contributed by atoms with Gasteiger partial charge < -0.3 is 15.9 Å². The monoisotopic (exact) mass is 132 g/mol.